The average Bonchev–Trinajstić information content (AvgIpc) is 2.45. The van der Waals surface area contributed by atoms with Crippen LogP contribution >= 0.6 is 0 Å². The lowest BCUT2D eigenvalue weighted by atomic mass is 10.0. The van der Waals surface area contributed by atoms with Crippen LogP contribution in [0.4, 0.5) is 0 Å². The minimum absolute atomic E-state index is 0.0938. The molecule has 1 aromatic carbocycles. The molecule has 0 aliphatic rings. The fraction of sp³-hybridized carbons (Fsp3) is 0.0667. The van der Waals surface area contributed by atoms with Crippen molar-refractivity contribution in [2.24, 2.45) is 0 Å². The fourth-order valence-corrected chi connectivity index (χ4v) is 1.68. The van der Waals surface area contributed by atoms with Crippen LogP contribution in [0, 0.1) is 0 Å². The van der Waals surface area contributed by atoms with Crippen molar-refractivity contribution >= 4 is 18.1 Å². The molecule has 19 heavy (non-hydrogen) atoms. The highest BCUT2D eigenvalue weighted by Crippen LogP contribution is 2.23. The average molecular weight is 255 g/mol. The monoisotopic (exact) mass is 255 g/mol. The zero-order valence-electron chi connectivity index (χ0n) is 10.4. The number of phenolic OH excluding ortho intramolecular Hbond substituents is 1. The maximum Gasteiger partial charge on any atom is 0.342 e. The Kier molecular flexibility index (Phi) is 3.93. The summed E-state index contributed by atoms with van der Waals surface area (Å²) in [6, 6.07) is 8.56. The highest BCUT2D eigenvalue weighted by Gasteiger charge is 2.14. The van der Waals surface area contributed by atoms with E-state index in [0.29, 0.717) is 5.56 Å². The number of hydrogen-bond acceptors (Lipinski definition) is 4. The van der Waals surface area contributed by atoms with E-state index in [9.17, 15) is 9.90 Å². The minimum Gasteiger partial charge on any atom is -0.507 e. The smallest absolute Gasteiger partial charge is 0.342 e. The van der Waals surface area contributed by atoms with Crippen molar-refractivity contribution in [1.82, 2.24) is 4.98 Å². The number of carbonyl (C=O) groups excluding carboxylic acids is 1. The number of benzene rings is 1. The Morgan fingerprint density at radius 2 is 1.95 bits per heavy atom. The van der Waals surface area contributed by atoms with Gasteiger partial charge in [0.05, 0.1) is 7.11 Å². The number of hydrogen-bond donors (Lipinski definition) is 1. The molecular formula is C15H13NO3. The van der Waals surface area contributed by atoms with Gasteiger partial charge in [-0.3, -0.25) is 4.98 Å². The fourth-order valence-electron chi connectivity index (χ4n) is 1.68. The van der Waals surface area contributed by atoms with Crippen molar-refractivity contribution in [3.8, 4) is 5.75 Å². The zero-order valence-corrected chi connectivity index (χ0v) is 10.4. The van der Waals surface area contributed by atoms with Gasteiger partial charge in [-0.2, -0.15) is 0 Å². The lowest BCUT2D eigenvalue weighted by Crippen LogP contribution is -2.03. The third-order valence-corrected chi connectivity index (χ3v) is 2.63. The summed E-state index contributed by atoms with van der Waals surface area (Å²) in [6.07, 6.45) is 6.96. The largest absolute Gasteiger partial charge is 0.507 e. The molecule has 96 valence electrons. The summed E-state index contributed by atoms with van der Waals surface area (Å²) >= 11 is 0. The van der Waals surface area contributed by atoms with Crippen LogP contribution in [-0.2, 0) is 4.74 Å². The first-order chi connectivity index (χ1) is 9.22. The molecule has 0 bridgehead atoms. The Balaban J connectivity index is 2.38. The molecular weight excluding hydrogens is 242 g/mol. The number of nitrogens with zero attached hydrogens (tertiary/aromatic N) is 1. The molecule has 0 saturated heterocycles. The summed E-state index contributed by atoms with van der Waals surface area (Å²) in [5, 5.41) is 9.75. The van der Waals surface area contributed by atoms with Crippen molar-refractivity contribution in [1.29, 1.82) is 0 Å². The van der Waals surface area contributed by atoms with E-state index in [1.807, 2.05) is 18.2 Å². The number of ether oxygens (including phenoxy) is 1. The van der Waals surface area contributed by atoms with Gasteiger partial charge in [-0.1, -0.05) is 24.3 Å². The van der Waals surface area contributed by atoms with E-state index >= 15 is 0 Å². The predicted molar refractivity (Wildman–Crippen MR) is 72.6 cm³/mol. The van der Waals surface area contributed by atoms with Gasteiger partial charge < -0.3 is 9.84 Å². The Morgan fingerprint density at radius 3 is 2.63 bits per heavy atom. The molecule has 0 aliphatic heterocycles. The zero-order chi connectivity index (χ0) is 13.7. The molecule has 0 spiro atoms. The number of aromatic nitrogens is 1. The first kappa shape index (κ1) is 12.8. The maximum atomic E-state index is 11.6. The second kappa shape index (κ2) is 5.82. The van der Waals surface area contributed by atoms with Gasteiger partial charge in [0.25, 0.3) is 0 Å². The van der Waals surface area contributed by atoms with E-state index in [2.05, 4.69) is 9.72 Å². The summed E-state index contributed by atoms with van der Waals surface area (Å²) in [6.45, 7) is 0. The summed E-state index contributed by atoms with van der Waals surface area (Å²) in [7, 11) is 1.28. The Hall–Kier alpha value is -2.62. The number of carbonyl (C=O) groups is 1. The van der Waals surface area contributed by atoms with Gasteiger partial charge >= 0.3 is 5.97 Å². The van der Waals surface area contributed by atoms with Gasteiger partial charge in [-0.15, -0.1) is 0 Å². The minimum atomic E-state index is -0.563. The Labute approximate surface area is 111 Å². The van der Waals surface area contributed by atoms with Crippen LogP contribution in [0.1, 0.15) is 21.5 Å². The molecule has 0 saturated carbocycles. The molecule has 0 atom stereocenters. The van der Waals surface area contributed by atoms with Crippen LogP contribution in [0.15, 0.2) is 42.7 Å². The Morgan fingerprint density at radius 1 is 1.21 bits per heavy atom. The van der Waals surface area contributed by atoms with E-state index in [1.54, 1.807) is 30.6 Å². The van der Waals surface area contributed by atoms with Crippen LogP contribution in [0.3, 0.4) is 0 Å². The van der Waals surface area contributed by atoms with Gasteiger partial charge in [0, 0.05) is 12.4 Å². The van der Waals surface area contributed by atoms with E-state index in [4.69, 9.17) is 0 Å². The van der Waals surface area contributed by atoms with Crippen molar-refractivity contribution in [2.75, 3.05) is 7.11 Å². The van der Waals surface area contributed by atoms with Crippen molar-refractivity contribution in [2.45, 2.75) is 0 Å². The summed E-state index contributed by atoms with van der Waals surface area (Å²) < 4.78 is 4.67. The SMILES string of the molecule is COC(=O)c1c(O)cccc1/C=C/c1ccncc1. The predicted octanol–water partition coefficient (Wildman–Crippen LogP) is 2.74. The number of aromatic hydroxyl groups is 1. The van der Waals surface area contributed by atoms with Crippen LogP contribution in [0.25, 0.3) is 12.2 Å². The molecule has 0 aliphatic carbocycles. The number of phenols is 1. The van der Waals surface area contributed by atoms with Crippen LogP contribution in [0.2, 0.25) is 0 Å². The topological polar surface area (TPSA) is 59.4 Å². The number of methoxy groups -OCH3 is 1. The van der Waals surface area contributed by atoms with Gasteiger partial charge in [0.2, 0.25) is 0 Å². The Bertz CT molecular complexity index is 606. The molecule has 0 radical (unpaired) electrons. The van der Waals surface area contributed by atoms with Crippen LogP contribution in [-0.4, -0.2) is 23.2 Å². The van der Waals surface area contributed by atoms with E-state index in [-0.39, 0.29) is 11.3 Å². The third kappa shape index (κ3) is 2.98. The highest BCUT2D eigenvalue weighted by atomic mass is 16.5. The molecule has 0 unspecified atom stereocenters. The highest BCUT2D eigenvalue weighted by molar-refractivity contribution is 5.97. The second-order valence-electron chi connectivity index (χ2n) is 3.85. The van der Waals surface area contributed by atoms with Crippen molar-refractivity contribution in [3.05, 3.63) is 59.4 Å². The van der Waals surface area contributed by atoms with Crippen LogP contribution < -0.4 is 0 Å². The lowest BCUT2D eigenvalue weighted by Gasteiger charge is -2.06. The number of pyridine rings is 1. The lowest BCUT2D eigenvalue weighted by molar-refractivity contribution is 0.0597. The summed E-state index contributed by atoms with van der Waals surface area (Å²) in [5.74, 6) is -0.656. The van der Waals surface area contributed by atoms with E-state index < -0.39 is 5.97 Å². The van der Waals surface area contributed by atoms with Gasteiger partial charge in [-0.25, -0.2) is 4.79 Å². The molecule has 2 rings (SSSR count). The molecule has 0 amide bonds. The molecule has 4 nitrogen and oxygen atoms in total. The molecule has 1 heterocycles. The van der Waals surface area contributed by atoms with Crippen molar-refractivity contribution < 1.29 is 14.6 Å². The van der Waals surface area contributed by atoms with E-state index in [0.717, 1.165) is 5.56 Å². The van der Waals surface area contributed by atoms with Crippen molar-refractivity contribution in [3.63, 3.8) is 0 Å². The van der Waals surface area contributed by atoms with Crippen LogP contribution in [0.5, 0.6) is 5.75 Å². The van der Waals surface area contributed by atoms with E-state index in [1.165, 1.54) is 13.2 Å². The van der Waals surface area contributed by atoms with Gasteiger partial charge in [-0.05, 0) is 29.3 Å². The first-order valence-corrected chi connectivity index (χ1v) is 5.71. The maximum absolute atomic E-state index is 11.6. The summed E-state index contributed by atoms with van der Waals surface area (Å²) in [4.78, 5) is 15.6. The number of esters is 1. The third-order valence-electron chi connectivity index (χ3n) is 2.63. The molecule has 2 aromatic rings. The van der Waals surface area contributed by atoms with Gasteiger partial charge in [0.15, 0.2) is 0 Å². The molecule has 1 aromatic heterocycles. The first-order valence-electron chi connectivity index (χ1n) is 5.71. The molecule has 0 fully saturated rings. The molecule has 4 heteroatoms. The van der Waals surface area contributed by atoms with Gasteiger partial charge in [0.1, 0.15) is 11.3 Å². The summed E-state index contributed by atoms with van der Waals surface area (Å²) in [5.41, 5.74) is 1.72. The molecule has 1 N–H and O–H groups in total. The normalized spacial score (nSPS) is 10.6. The number of rotatable bonds is 3. The standard InChI is InChI=1S/C15H13NO3/c1-19-15(18)14-12(3-2-4-13(14)17)6-5-11-7-9-16-10-8-11/h2-10,17H,1H3/b6-5+. The second-order valence-corrected chi connectivity index (χ2v) is 3.85. The quantitative estimate of drug-likeness (QED) is 0.857.